The summed E-state index contributed by atoms with van der Waals surface area (Å²) in [6.07, 6.45) is 6.42. The lowest BCUT2D eigenvalue weighted by molar-refractivity contribution is 0.0863. The van der Waals surface area contributed by atoms with Crippen LogP contribution in [0, 0.1) is 6.92 Å². The van der Waals surface area contributed by atoms with E-state index in [9.17, 15) is 0 Å². The maximum Gasteiger partial charge on any atom is 0.255 e. The van der Waals surface area contributed by atoms with Crippen LogP contribution >= 0.6 is 0 Å². The molecule has 174 valence electrons. The lowest BCUT2D eigenvalue weighted by Gasteiger charge is -2.21. The van der Waals surface area contributed by atoms with E-state index in [1.165, 1.54) is 0 Å². The predicted octanol–water partition coefficient (Wildman–Crippen LogP) is 4.30. The molecule has 9 nitrogen and oxygen atoms in total. The number of fused-ring (bicyclic) bond motifs is 2. The van der Waals surface area contributed by atoms with Gasteiger partial charge in [-0.3, -0.25) is 0 Å². The molecule has 0 atom stereocenters. The summed E-state index contributed by atoms with van der Waals surface area (Å²) in [6, 6.07) is 9.87. The summed E-state index contributed by atoms with van der Waals surface area (Å²) in [6.45, 7) is 3.91. The van der Waals surface area contributed by atoms with Crippen molar-refractivity contribution >= 4 is 34.3 Å². The van der Waals surface area contributed by atoms with Crippen molar-refractivity contribution in [1.29, 1.82) is 0 Å². The van der Waals surface area contributed by atoms with Crippen molar-refractivity contribution in [2.75, 3.05) is 25.1 Å². The molecule has 1 aliphatic heterocycles. The first-order valence-electron chi connectivity index (χ1n) is 12.0. The summed E-state index contributed by atoms with van der Waals surface area (Å²) in [7, 11) is 1.78. The van der Waals surface area contributed by atoms with Crippen LogP contribution in [-0.2, 0) is 4.74 Å². The zero-order valence-corrected chi connectivity index (χ0v) is 19.6. The normalized spacial score (nSPS) is 18.8. The smallest absolute Gasteiger partial charge is 0.255 e. The average molecular weight is 457 g/mol. The van der Waals surface area contributed by atoms with Gasteiger partial charge in [0.15, 0.2) is 5.65 Å². The fourth-order valence-corrected chi connectivity index (χ4v) is 4.85. The van der Waals surface area contributed by atoms with E-state index in [0.29, 0.717) is 12.1 Å². The minimum atomic E-state index is 0.315. The van der Waals surface area contributed by atoms with Crippen molar-refractivity contribution in [1.82, 2.24) is 29.5 Å². The molecule has 3 aromatic heterocycles. The summed E-state index contributed by atoms with van der Waals surface area (Å²) < 4.78 is 7.27. The molecule has 2 aliphatic rings. The highest BCUT2D eigenvalue weighted by atomic mass is 16.5. The van der Waals surface area contributed by atoms with Gasteiger partial charge in [-0.15, -0.1) is 0 Å². The first-order valence-corrected chi connectivity index (χ1v) is 12.0. The maximum absolute atomic E-state index is 5.52. The number of rotatable bonds is 4. The van der Waals surface area contributed by atoms with E-state index >= 15 is 0 Å². The van der Waals surface area contributed by atoms with Crippen LogP contribution in [0.3, 0.4) is 0 Å². The second-order valence-corrected chi connectivity index (χ2v) is 9.08. The van der Waals surface area contributed by atoms with Gasteiger partial charge in [-0.25, -0.2) is 15.0 Å². The molecule has 0 amide bonds. The van der Waals surface area contributed by atoms with E-state index in [1.807, 2.05) is 37.3 Å². The standard InChI is InChI=1S/C25H28N8O/c1-16-23(28-20-8-4-3-7-19(20)26-16)21-15-22-29-24(32-13-5-6-14-32)30-25(33(22)31-21)27-17-9-11-18(34-2)12-10-17/h3-4,7-8,15,18H,5-6,9-14H2,1-2H3. The number of ether oxygens (including phenoxy) is 1. The largest absolute Gasteiger partial charge is 0.381 e. The molecule has 1 aromatic carbocycles. The monoisotopic (exact) mass is 456 g/mol. The van der Waals surface area contributed by atoms with Crippen LogP contribution in [0.2, 0.25) is 0 Å². The Morgan fingerprint density at radius 3 is 2.44 bits per heavy atom. The van der Waals surface area contributed by atoms with Crippen LogP contribution in [0.25, 0.3) is 28.1 Å². The van der Waals surface area contributed by atoms with E-state index in [0.717, 1.165) is 97.0 Å². The Labute approximate surface area is 197 Å². The van der Waals surface area contributed by atoms with Crippen LogP contribution in [-0.4, -0.2) is 61.6 Å². The van der Waals surface area contributed by atoms with E-state index in [1.54, 1.807) is 11.6 Å². The molecule has 2 fully saturated rings. The number of aliphatic imine (C=N–C) groups is 1. The lowest BCUT2D eigenvalue weighted by atomic mass is 9.96. The van der Waals surface area contributed by atoms with Crippen LogP contribution in [0.4, 0.5) is 11.9 Å². The van der Waals surface area contributed by atoms with Crippen LogP contribution in [0.1, 0.15) is 44.2 Å². The van der Waals surface area contributed by atoms with Crippen molar-refractivity contribution in [2.45, 2.75) is 51.6 Å². The molecule has 0 spiro atoms. The molecule has 1 saturated heterocycles. The number of methoxy groups -OCH3 is 1. The van der Waals surface area contributed by atoms with Gasteiger partial charge < -0.3 is 9.64 Å². The number of anilines is 1. The highest BCUT2D eigenvalue weighted by Gasteiger charge is 2.22. The Morgan fingerprint density at radius 2 is 1.71 bits per heavy atom. The maximum atomic E-state index is 5.52. The third-order valence-corrected chi connectivity index (χ3v) is 6.77. The third kappa shape index (κ3) is 3.90. The van der Waals surface area contributed by atoms with E-state index in [-0.39, 0.29) is 0 Å². The highest BCUT2D eigenvalue weighted by Crippen LogP contribution is 2.28. The molecule has 4 aromatic rings. The zero-order valence-electron chi connectivity index (χ0n) is 19.6. The molecular weight excluding hydrogens is 428 g/mol. The molecule has 1 saturated carbocycles. The molecule has 1 aliphatic carbocycles. The molecular formula is C25H28N8O. The predicted molar refractivity (Wildman–Crippen MR) is 132 cm³/mol. The number of para-hydroxylation sites is 2. The average Bonchev–Trinajstić information content (AvgIpc) is 3.54. The Bertz CT molecular complexity index is 1380. The van der Waals surface area contributed by atoms with Crippen molar-refractivity contribution in [3.63, 3.8) is 0 Å². The van der Waals surface area contributed by atoms with Gasteiger partial charge in [-0.1, -0.05) is 12.1 Å². The van der Waals surface area contributed by atoms with Crippen LogP contribution < -0.4 is 4.90 Å². The highest BCUT2D eigenvalue weighted by molar-refractivity contribution is 5.87. The number of aryl methyl sites for hydroxylation is 1. The van der Waals surface area contributed by atoms with Crippen molar-refractivity contribution in [2.24, 2.45) is 4.99 Å². The summed E-state index contributed by atoms with van der Waals surface area (Å²) in [5, 5.41) is 4.85. The fourth-order valence-electron chi connectivity index (χ4n) is 4.85. The van der Waals surface area contributed by atoms with Crippen molar-refractivity contribution < 1.29 is 4.74 Å². The Balaban J connectivity index is 1.46. The third-order valence-electron chi connectivity index (χ3n) is 6.77. The van der Waals surface area contributed by atoms with Gasteiger partial charge in [-0.2, -0.15) is 19.6 Å². The summed E-state index contributed by atoms with van der Waals surface area (Å²) in [5.41, 5.74) is 5.91. The van der Waals surface area contributed by atoms with Gasteiger partial charge in [0.25, 0.3) is 5.95 Å². The number of hydrogen-bond acceptors (Lipinski definition) is 8. The quantitative estimate of drug-likeness (QED) is 0.452. The number of benzene rings is 1. The summed E-state index contributed by atoms with van der Waals surface area (Å²) in [4.78, 5) is 26.5. The SMILES string of the molecule is COC1CCC(=Nc2nc(N3CCCC3)nc3cc(-c4nc5ccccc5nc4C)nn23)CC1. The molecule has 0 bridgehead atoms. The number of nitrogens with zero attached hydrogens (tertiary/aromatic N) is 8. The number of aromatic nitrogens is 6. The van der Waals surface area contributed by atoms with E-state index < -0.39 is 0 Å². The lowest BCUT2D eigenvalue weighted by Crippen LogP contribution is -2.22. The molecule has 4 heterocycles. The van der Waals surface area contributed by atoms with Gasteiger partial charge in [0.1, 0.15) is 11.4 Å². The first-order chi connectivity index (χ1) is 16.7. The second kappa shape index (κ2) is 8.72. The van der Waals surface area contributed by atoms with Gasteiger partial charge in [-0.05, 0) is 57.6 Å². The first kappa shape index (κ1) is 21.1. The van der Waals surface area contributed by atoms with Gasteiger partial charge in [0.05, 0.1) is 22.8 Å². The zero-order chi connectivity index (χ0) is 23.1. The molecule has 9 heteroatoms. The minimum Gasteiger partial charge on any atom is -0.381 e. The van der Waals surface area contributed by atoms with Crippen LogP contribution in [0.15, 0.2) is 35.3 Å². The van der Waals surface area contributed by atoms with Gasteiger partial charge >= 0.3 is 0 Å². The van der Waals surface area contributed by atoms with Crippen molar-refractivity contribution in [3.05, 3.63) is 36.0 Å². The molecule has 0 unspecified atom stereocenters. The Kier molecular flexibility index (Phi) is 5.41. The Hall–Kier alpha value is -3.46. The second-order valence-electron chi connectivity index (χ2n) is 9.08. The van der Waals surface area contributed by atoms with E-state index in [4.69, 9.17) is 34.8 Å². The minimum absolute atomic E-state index is 0.315. The topological polar surface area (TPSA) is 93.7 Å². The molecule has 6 rings (SSSR count). The van der Waals surface area contributed by atoms with E-state index in [2.05, 4.69) is 4.90 Å². The summed E-state index contributed by atoms with van der Waals surface area (Å²) in [5.74, 6) is 1.30. The summed E-state index contributed by atoms with van der Waals surface area (Å²) >= 11 is 0. The Morgan fingerprint density at radius 1 is 0.971 bits per heavy atom. The van der Waals surface area contributed by atoms with Crippen molar-refractivity contribution in [3.8, 4) is 11.4 Å². The fraction of sp³-hybridized carbons (Fsp3) is 0.440. The molecule has 34 heavy (non-hydrogen) atoms. The van der Waals surface area contributed by atoms with Gasteiger partial charge in [0.2, 0.25) is 5.95 Å². The number of hydrogen-bond donors (Lipinski definition) is 0. The van der Waals surface area contributed by atoms with Gasteiger partial charge in [0, 0.05) is 32.0 Å². The van der Waals surface area contributed by atoms with Crippen LogP contribution in [0.5, 0.6) is 0 Å². The molecule has 0 radical (unpaired) electrons. The molecule has 0 N–H and O–H groups in total.